The monoisotopic (exact) mass is 642 g/mol. The van der Waals surface area contributed by atoms with Crippen LogP contribution in [0.3, 0.4) is 0 Å². The van der Waals surface area contributed by atoms with Gasteiger partial charge in [-0.15, -0.1) is 0 Å². The second-order valence-corrected chi connectivity index (χ2v) is 14.4. The van der Waals surface area contributed by atoms with Crippen molar-refractivity contribution >= 4 is 22.9 Å². The van der Waals surface area contributed by atoms with Crippen molar-refractivity contribution in [1.82, 2.24) is 4.98 Å². The third kappa shape index (κ3) is 5.01. The summed E-state index contributed by atoms with van der Waals surface area (Å²) in [5, 5.41) is 2.73. The van der Waals surface area contributed by atoms with E-state index in [1.165, 1.54) is 55.0 Å². The number of hydrogen-bond donors (Lipinski definition) is 0. The highest BCUT2D eigenvalue weighted by atomic mass is 14.8. The summed E-state index contributed by atoms with van der Waals surface area (Å²) in [6.07, 6.45) is 52.6. The topological polar surface area (TPSA) is 25.2 Å². The molecule has 0 fully saturated rings. The first-order valence-electron chi connectivity index (χ1n) is 18.1. The molecule has 0 N–H and O–H groups in total. The van der Waals surface area contributed by atoms with Crippen molar-refractivity contribution < 1.29 is 0 Å². The number of hydrogen-bond acceptors (Lipinski definition) is 2. The molecule has 7 aliphatic carbocycles. The molecule has 0 saturated carbocycles. The van der Waals surface area contributed by atoms with E-state index >= 15 is 0 Å². The summed E-state index contributed by atoms with van der Waals surface area (Å²) < 4.78 is 0. The minimum atomic E-state index is 0.200. The molecule has 2 heterocycles. The van der Waals surface area contributed by atoms with Crippen LogP contribution in [0, 0.1) is 23.7 Å². The third-order valence-electron chi connectivity index (χ3n) is 11.5. The van der Waals surface area contributed by atoms with Gasteiger partial charge < -0.3 is 0 Å². The summed E-state index contributed by atoms with van der Waals surface area (Å²) in [5.74, 6) is 1.47. The van der Waals surface area contributed by atoms with Crippen LogP contribution in [0.25, 0.3) is 27.8 Å². The second kappa shape index (κ2) is 12.1. The summed E-state index contributed by atoms with van der Waals surface area (Å²) in [5.41, 5.74) is 14.5. The highest BCUT2D eigenvalue weighted by molar-refractivity contribution is 6.10. The van der Waals surface area contributed by atoms with Gasteiger partial charge in [0.05, 0.1) is 11.7 Å². The fourth-order valence-corrected chi connectivity index (χ4v) is 8.96. The molecule has 2 aromatic rings. The predicted molar refractivity (Wildman–Crippen MR) is 208 cm³/mol. The summed E-state index contributed by atoms with van der Waals surface area (Å²) in [7, 11) is 0. The average molecular weight is 643 g/mol. The smallest absolute Gasteiger partial charge is 0.0780 e. The van der Waals surface area contributed by atoms with Crippen LogP contribution in [0.1, 0.15) is 25.0 Å². The van der Waals surface area contributed by atoms with E-state index in [-0.39, 0.29) is 6.04 Å². The Labute approximate surface area is 294 Å². The van der Waals surface area contributed by atoms with Crippen molar-refractivity contribution in [3.8, 4) is 11.1 Å². The Balaban J connectivity index is 1.13. The molecule has 8 aliphatic rings. The van der Waals surface area contributed by atoms with Crippen LogP contribution in [0.15, 0.2) is 191 Å². The highest BCUT2D eigenvalue weighted by Gasteiger charge is 2.33. The lowest BCUT2D eigenvalue weighted by molar-refractivity contribution is 0.685. The number of dihydropyridines is 1. The van der Waals surface area contributed by atoms with E-state index in [1.54, 1.807) is 0 Å². The van der Waals surface area contributed by atoms with Gasteiger partial charge in [0.25, 0.3) is 0 Å². The van der Waals surface area contributed by atoms with Crippen molar-refractivity contribution in [1.29, 1.82) is 0 Å². The Hall–Kier alpha value is -5.60. The van der Waals surface area contributed by atoms with Gasteiger partial charge in [-0.3, -0.25) is 9.98 Å². The van der Waals surface area contributed by atoms with Gasteiger partial charge in [-0.2, -0.15) is 0 Å². The lowest BCUT2D eigenvalue weighted by Crippen LogP contribution is -2.39. The number of aromatic nitrogens is 1. The number of rotatable bonds is 4. The van der Waals surface area contributed by atoms with Crippen molar-refractivity contribution in [2.75, 3.05) is 0 Å². The van der Waals surface area contributed by atoms with Crippen molar-refractivity contribution in [2.24, 2.45) is 28.7 Å². The molecule has 1 aliphatic heterocycles. The molecule has 1 aromatic carbocycles. The summed E-state index contributed by atoms with van der Waals surface area (Å²) in [6.45, 7) is 0. The summed E-state index contributed by atoms with van der Waals surface area (Å²) in [4.78, 5) is 9.78. The first-order valence-corrected chi connectivity index (χ1v) is 18.1. The minimum Gasteiger partial charge on any atom is -0.284 e. The van der Waals surface area contributed by atoms with Gasteiger partial charge >= 0.3 is 0 Å². The van der Waals surface area contributed by atoms with Crippen LogP contribution in [0.5, 0.6) is 0 Å². The van der Waals surface area contributed by atoms with E-state index < -0.39 is 0 Å². The maximum atomic E-state index is 4.98. The Kier molecular flexibility index (Phi) is 7.08. The molecule has 10 rings (SSSR count). The Morgan fingerprint density at radius 3 is 2.22 bits per heavy atom. The van der Waals surface area contributed by atoms with Gasteiger partial charge in [-0.1, -0.05) is 140 Å². The number of allylic oxidation sites excluding steroid dienone is 23. The first-order chi connectivity index (χ1) is 24.8. The van der Waals surface area contributed by atoms with E-state index in [2.05, 4.69) is 152 Å². The number of benzene rings is 1. The van der Waals surface area contributed by atoms with Crippen LogP contribution in [0.2, 0.25) is 0 Å². The van der Waals surface area contributed by atoms with Gasteiger partial charge in [0, 0.05) is 47.2 Å². The molecule has 240 valence electrons. The zero-order chi connectivity index (χ0) is 33.0. The van der Waals surface area contributed by atoms with E-state index in [4.69, 9.17) is 9.98 Å². The van der Waals surface area contributed by atoms with E-state index in [9.17, 15) is 0 Å². The fraction of sp³-hybridized carbons (Fsp3) is 0.167. The van der Waals surface area contributed by atoms with Crippen LogP contribution >= 0.6 is 0 Å². The van der Waals surface area contributed by atoms with Gasteiger partial charge in [0.1, 0.15) is 0 Å². The van der Waals surface area contributed by atoms with Crippen LogP contribution in [-0.4, -0.2) is 17.2 Å². The molecule has 5 atom stereocenters. The molecular formula is C48H38N2. The van der Waals surface area contributed by atoms with Gasteiger partial charge in [0.2, 0.25) is 0 Å². The van der Waals surface area contributed by atoms with Crippen molar-refractivity contribution in [3.05, 3.63) is 202 Å². The average Bonchev–Trinajstić information content (AvgIpc) is 3.19. The summed E-state index contributed by atoms with van der Waals surface area (Å²) >= 11 is 0. The Bertz CT molecular complexity index is 2400. The molecule has 0 saturated heterocycles. The molecule has 0 bridgehead atoms. The van der Waals surface area contributed by atoms with Gasteiger partial charge in [-0.25, -0.2) is 0 Å². The zero-order valence-corrected chi connectivity index (χ0v) is 28.0. The number of nitrogens with zero attached hydrogens (tertiary/aromatic N) is 2. The molecule has 0 spiro atoms. The fourth-order valence-electron chi connectivity index (χ4n) is 8.96. The molecule has 0 radical (unpaired) electrons. The molecule has 0 amide bonds. The largest absolute Gasteiger partial charge is 0.284 e. The molecule has 1 aromatic heterocycles. The van der Waals surface area contributed by atoms with E-state index in [0.29, 0.717) is 23.7 Å². The van der Waals surface area contributed by atoms with Crippen LogP contribution < -0.4 is 10.4 Å². The summed E-state index contributed by atoms with van der Waals surface area (Å²) in [6, 6.07) is 11.8. The SMILES string of the molecule is C1=CCC2C(=C1)C(C1=CC=C3C=CC=CC3C1)=c1ccc(-c3ccc(C4=CC5C=CC=CC5N=C4)nc3)cc1=C2C1=CC=C2C=CC=CC2C1. The quantitative estimate of drug-likeness (QED) is 0.327. The predicted octanol–water partition coefficient (Wildman–Crippen LogP) is 9.14. The van der Waals surface area contributed by atoms with Crippen LogP contribution in [-0.2, 0) is 0 Å². The molecule has 2 nitrogen and oxygen atoms in total. The van der Waals surface area contributed by atoms with Crippen molar-refractivity contribution in [2.45, 2.75) is 25.3 Å². The van der Waals surface area contributed by atoms with E-state index in [1.807, 2.05) is 12.4 Å². The number of pyridine rings is 1. The maximum absolute atomic E-state index is 4.98. The van der Waals surface area contributed by atoms with Gasteiger partial charge in [-0.05, 0) is 86.4 Å². The normalized spacial score (nSPS) is 28.0. The molecule has 2 heteroatoms. The first kappa shape index (κ1) is 29.3. The lowest BCUT2D eigenvalue weighted by Gasteiger charge is -2.35. The molecular weight excluding hydrogens is 605 g/mol. The third-order valence-corrected chi connectivity index (χ3v) is 11.5. The Morgan fingerprint density at radius 1 is 0.640 bits per heavy atom. The zero-order valence-electron chi connectivity index (χ0n) is 28.0. The maximum Gasteiger partial charge on any atom is 0.0780 e. The Morgan fingerprint density at radius 2 is 1.40 bits per heavy atom. The van der Waals surface area contributed by atoms with Crippen molar-refractivity contribution in [3.63, 3.8) is 0 Å². The molecule has 50 heavy (non-hydrogen) atoms. The van der Waals surface area contributed by atoms with Gasteiger partial charge in [0.15, 0.2) is 0 Å². The standard InChI is InChI=1S/C48H38N2/c1-3-11-33-25-37(19-17-31(33)9-1)47-41-14-6-7-15-42(41)48(38-20-18-32-10-2-4-12-34(32)26-38)44-28-35(21-23-43(44)47)39-22-24-46(49-29-39)40-27-36-13-5-8-16-45(36)50-30-40/h1-14,16-24,27-30,33-34,36,42,45H,15,25-26H2. The lowest BCUT2D eigenvalue weighted by atomic mass is 9.68. The number of fused-ring (bicyclic) bond motifs is 5. The van der Waals surface area contributed by atoms with Crippen LogP contribution in [0.4, 0.5) is 0 Å². The minimum absolute atomic E-state index is 0.200. The van der Waals surface area contributed by atoms with E-state index in [0.717, 1.165) is 36.1 Å². The highest BCUT2D eigenvalue weighted by Crippen LogP contribution is 2.46. The number of aliphatic imine (C=N–C) groups is 1. The second-order valence-electron chi connectivity index (χ2n) is 14.4. The molecule has 5 unspecified atom stereocenters.